The largest absolute Gasteiger partial charge is 0.482 e. The maximum absolute atomic E-state index is 13.1. The van der Waals surface area contributed by atoms with E-state index in [0.29, 0.717) is 5.02 Å². The quantitative estimate of drug-likeness (QED) is 0.629. The molecular formula is C13H9ClFNO3. The second kappa shape index (κ2) is 5.67. The second-order valence-electron chi connectivity index (χ2n) is 3.78. The Morgan fingerprint density at radius 3 is 2.53 bits per heavy atom. The number of ether oxygens (including phenoxy) is 1. The van der Waals surface area contributed by atoms with Gasteiger partial charge in [-0.25, -0.2) is 4.39 Å². The van der Waals surface area contributed by atoms with E-state index in [0.717, 1.165) is 23.8 Å². The fourth-order valence-corrected chi connectivity index (χ4v) is 1.62. The van der Waals surface area contributed by atoms with Crippen LogP contribution in [0.5, 0.6) is 5.75 Å². The summed E-state index contributed by atoms with van der Waals surface area (Å²) in [6.07, 6.45) is 0. The summed E-state index contributed by atoms with van der Waals surface area (Å²) in [5.41, 5.74) is 0.512. The molecule has 19 heavy (non-hydrogen) atoms. The van der Waals surface area contributed by atoms with Crippen LogP contribution in [0.25, 0.3) is 0 Å². The molecule has 0 N–H and O–H groups in total. The van der Waals surface area contributed by atoms with Crippen molar-refractivity contribution in [3.8, 4) is 5.75 Å². The Hall–Kier alpha value is -2.14. The van der Waals surface area contributed by atoms with Crippen LogP contribution in [0.4, 0.5) is 10.1 Å². The monoisotopic (exact) mass is 281 g/mol. The number of nitro benzene ring substituents is 1. The highest BCUT2D eigenvalue weighted by Gasteiger charge is 2.15. The summed E-state index contributed by atoms with van der Waals surface area (Å²) >= 11 is 5.74. The second-order valence-corrected chi connectivity index (χ2v) is 4.22. The number of halogens is 2. The first-order valence-corrected chi connectivity index (χ1v) is 5.75. The third-order valence-electron chi connectivity index (χ3n) is 2.43. The summed E-state index contributed by atoms with van der Waals surface area (Å²) in [6, 6.07) is 9.91. The lowest BCUT2D eigenvalue weighted by atomic mass is 10.2. The maximum atomic E-state index is 13.1. The number of nitro groups is 1. The van der Waals surface area contributed by atoms with Crippen LogP contribution in [0, 0.1) is 15.9 Å². The molecule has 0 unspecified atom stereocenters. The van der Waals surface area contributed by atoms with Gasteiger partial charge in [0.15, 0.2) is 5.75 Å². The van der Waals surface area contributed by atoms with Gasteiger partial charge in [0, 0.05) is 17.2 Å². The van der Waals surface area contributed by atoms with Gasteiger partial charge in [-0.15, -0.1) is 0 Å². The summed E-state index contributed by atoms with van der Waals surface area (Å²) in [4.78, 5) is 10.2. The zero-order chi connectivity index (χ0) is 13.8. The van der Waals surface area contributed by atoms with Gasteiger partial charge in [0.1, 0.15) is 12.4 Å². The minimum atomic E-state index is -0.614. The third kappa shape index (κ3) is 3.42. The van der Waals surface area contributed by atoms with Crippen molar-refractivity contribution in [2.24, 2.45) is 0 Å². The summed E-state index contributed by atoms with van der Waals surface area (Å²) in [6.45, 7) is 0.0987. The van der Waals surface area contributed by atoms with Gasteiger partial charge in [-0.1, -0.05) is 23.7 Å². The Morgan fingerprint density at radius 1 is 1.21 bits per heavy atom. The van der Waals surface area contributed by atoms with E-state index >= 15 is 0 Å². The highest BCUT2D eigenvalue weighted by molar-refractivity contribution is 6.30. The van der Waals surface area contributed by atoms with Crippen LogP contribution in [0.3, 0.4) is 0 Å². The fraction of sp³-hybridized carbons (Fsp3) is 0.0769. The molecular weight excluding hydrogens is 273 g/mol. The molecule has 0 atom stereocenters. The molecule has 0 bridgehead atoms. The zero-order valence-electron chi connectivity index (χ0n) is 9.68. The molecule has 2 rings (SSSR count). The summed E-state index contributed by atoms with van der Waals surface area (Å²) in [7, 11) is 0. The van der Waals surface area contributed by atoms with Crippen LogP contribution in [0.1, 0.15) is 5.56 Å². The van der Waals surface area contributed by atoms with Crippen LogP contribution in [0.2, 0.25) is 5.02 Å². The summed E-state index contributed by atoms with van der Waals surface area (Å²) < 4.78 is 18.3. The van der Waals surface area contributed by atoms with Crippen molar-refractivity contribution in [3.63, 3.8) is 0 Å². The Balaban J connectivity index is 2.16. The highest BCUT2D eigenvalue weighted by atomic mass is 35.5. The van der Waals surface area contributed by atoms with Crippen molar-refractivity contribution in [3.05, 3.63) is 69.0 Å². The maximum Gasteiger partial charge on any atom is 0.311 e. The molecule has 0 spiro atoms. The van der Waals surface area contributed by atoms with Crippen molar-refractivity contribution in [2.75, 3.05) is 0 Å². The fourth-order valence-electron chi connectivity index (χ4n) is 1.50. The van der Waals surface area contributed by atoms with Crippen molar-refractivity contribution < 1.29 is 14.1 Å². The lowest BCUT2D eigenvalue weighted by molar-refractivity contribution is -0.386. The topological polar surface area (TPSA) is 52.4 Å². The average Bonchev–Trinajstić information content (AvgIpc) is 2.38. The number of rotatable bonds is 4. The van der Waals surface area contributed by atoms with E-state index in [9.17, 15) is 14.5 Å². The molecule has 0 aliphatic carbocycles. The Bertz CT molecular complexity index is 601. The van der Waals surface area contributed by atoms with Crippen LogP contribution in [-0.4, -0.2) is 4.92 Å². The van der Waals surface area contributed by atoms with Crippen molar-refractivity contribution >= 4 is 17.3 Å². The van der Waals surface area contributed by atoms with E-state index in [1.807, 2.05) is 0 Å². The Labute approximate surface area is 113 Å². The molecule has 0 aromatic heterocycles. The van der Waals surface area contributed by atoms with E-state index < -0.39 is 10.7 Å². The first-order chi connectivity index (χ1) is 9.06. The Morgan fingerprint density at radius 2 is 1.89 bits per heavy atom. The predicted molar refractivity (Wildman–Crippen MR) is 68.8 cm³/mol. The minimum absolute atomic E-state index is 0.0973. The van der Waals surface area contributed by atoms with Crippen molar-refractivity contribution in [1.82, 2.24) is 0 Å². The van der Waals surface area contributed by atoms with Crippen LogP contribution >= 0.6 is 11.6 Å². The molecule has 98 valence electrons. The first kappa shape index (κ1) is 13.3. The van der Waals surface area contributed by atoms with Gasteiger partial charge in [0.25, 0.3) is 0 Å². The molecule has 2 aromatic rings. The lowest BCUT2D eigenvalue weighted by Gasteiger charge is -2.07. The molecule has 0 saturated carbocycles. The van der Waals surface area contributed by atoms with E-state index in [1.165, 1.54) is 0 Å². The number of hydrogen-bond acceptors (Lipinski definition) is 3. The average molecular weight is 282 g/mol. The standard InChI is InChI=1S/C13H9ClFNO3/c14-10-3-1-9(2-4-10)8-19-13-7-11(15)5-6-12(13)16(17)18/h1-7H,8H2. The smallest absolute Gasteiger partial charge is 0.311 e. The molecule has 0 heterocycles. The van der Waals surface area contributed by atoms with E-state index in [4.69, 9.17) is 16.3 Å². The zero-order valence-corrected chi connectivity index (χ0v) is 10.4. The molecule has 0 aliphatic rings. The molecule has 0 aliphatic heterocycles. The SMILES string of the molecule is O=[N+]([O-])c1ccc(F)cc1OCc1ccc(Cl)cc1. The molecule has 4 nitrogen and oxygen atoms in total. The molecule has 0 fully saturated rings. The number of hydrogen-bond donors (Lipinski definition) is 0. The highest BCUT2D eigenvalue weighted by Crippen LogP contribution is 2.28. The number of benzene rings is 2. The van der Waals surface area contributed by atoms with Gasteiger partial charge in [-0.05, 0) is 23.8 Å². The molecule has 6 heteroatoms. The van der Waals surface area contributed by atoms with Gasteiger partial charge >= 0.3 is 5.69 Å². The van der Waals surface area contributed by atoms with Crippen LogP contribution in [0.15, 0.2) is 42.5 Å². The van der Waals surface area contributed by atoms with Gasteiger partial charge in [-0.3, -0.25) is 10.1 Å². The lowest BCUT2D eigenvalue weighted by Crippen LogP contribution is -1.99. The normalized spacial score (nSPS) is 10.2. The van der Waals surface area contributed by atoms with Crippen LogP contribution in [-0.2, 0) is 6.61 Å². The number of nitrogens with zero attached hydrogens (tertiary/aromatic N) is 1. The Kier molecular flexibility index (Phi) is 3.97. The van der Waals surface area contributed by atoms with Gasteiger partial charge < -0.3 is 4.74 Å². The first-order valence-electron chi connectivity index (χ1n) is 5.37. The van der Waals surface area contributed by atoms with Gasteiger partial charge in [0.2, 0.25) is 0 Å². The van der Waals surface area contributed by atoms with Crippen molar-refractivity contribution in [1.29, 1.82) is 0 Å². The third-order valence-corrected chi connectivity index (χ3v) is 2.68. The molecule has 0 radical (unpaired) electrons. The molecule has 0 amide bonds. The van der Waals surface area contributed by atoms with Gasteiger partial charge in [0.05, 0.1) is 4.92 Å². The van der Waals surface area contributed by atoms with E-state index in [1.54, 1.807) is 24.3 Å². The van der Waals surface area contributed by atoms with Crippen LogP contribution < -0.4 is 4.74 Å². The molecule has 2 aromatic carbocycles. The summed E-state index contributed by atoms with van der Waals surface area (Å²) in [5.74, 6) is -0.684. The van der Waals surface area contributed by atoms with Gasteiger partial charge in [-0.2, -0.15) is 0 Å². The van der Waals surface area contributed by atoms with Crippen molar-refractivity contribution in [2.45, 2.75) is 6.61 Å². The predicted octanol–water partition coefficient (Wildman–Crippen LogP) is 3.97. The minimum Gasteiger partial charge on any atom is -0.482 e. The molecule has 0 saturated heterocycles. The van der Waals surface area contributed by atoms with E-state index in [-0.39, 0.29) is 18.0 Å². The summed E-state index contributed by atoms with van der Waals surface area (Å²) in [5, 5.41) is 11.4. The van der Waals surface area contributed by atoms with E-state index in [2.05, 4.69) is 0 Å².